The van der Waals surface area contributed by atoms with Crippen LogP contribution in [0.1, 0.15) is 21.7 Å². The van der Waals surface area contributed by atoms with E-state index in [2.05, 4.69) is 16.7 Å². The number of rotatable bonds is 3. The Balaban J connectivity index is 2.54. The lowest BCUT2D eigenvalue weighted by Gasteiger charge is -2.13. The van der Waals surface area contributed by atoms with Gasteiger partial charge < -0.3 is 14.0 Å². The molecule has 0 N–H and O–H groups in total. The predicted octanol–water partition coefficient (Wildman–Crippen LogP) is 2.89. The van der Waals surface area contributed by atoms with Crippen molar-refractivity contribution in [2.24, 2.45) is 0 Å². The van der Waals surface area contributed by atoms with Crippen LogP contribution in [-0.2, 0) is 4.74 Å². The maximum Gasteiger partial charge on any atom is 0.341 e. The van der Waals surface area contributed by atoms with E-state index in [0.29, 0.717) is 11.3 Å². The van der Waals surface area contributed by atoms with Gasteiger partial charge in [0.05, 0.1) is 14.2 Å². The molecule has 0 aliphatic carbocycles. The van der Waals surface area contributed by atoms with Crippen molar-refractivity contribution >= 4 is 5.97 Å². The first-order valence-electron chi connectivity index (χ1n) is 6.00. The number of aromatic nitrogens is 1. The van der Waals surface area contributed by atoms with Crippen molar-refractivity contribution in [3.63, 3.8) is 0 Å². The summed E-state index contributed by atoms with van der Waals surface area (Å²) in [5.41, 5.74) is 3.65. The van der Waals surface area contributed by atoms with Gasteiger partial charge in [-0.25, -0.2) is 4.79 Å². The van der Waals surface area contributed by atoms with Gasteiger partial charge in [-0.05, 0) is 38.1 Å². The molecule has 1 aromatic heterocycles. The molecule has 0 aliphatic heterocycles. The largest absolute Gasteiger partial charge is 0.496 e. The Kier molecular flexibility index (Phi) is 3.60. The van der Waals surface area contributed by atoms with Gasteiger partial charge in [0.15, 0.2) is 0 Å². The predicted molar refractivity (Wildman–Crippen MR) is 73.1 cm³/mol. The van der Waals surface area contributed by atoms with E-state index in [0.717, 1.165) is 17.1 Å². The Hall–Kier alpha value is -2.23. The van der Waals surface area contributed by atoms with E-state index in [1.54, 1.807) is 13.2 Å². The lowest BCUT2D eigenvalue weighted by Crippen LogP contribution is -2.06. The average Bonchev–Trinajstić information content (AvgIpc) is 2.76. The quantitative estimate of drug-likeness (QED) is 0.796. The van der Waals surface area contributed by atoms with Crippen molar-refractivity contribution in [2.45, 2.75) is 13.8 Å². The highest BCUT2D eigenvalue weighted by Gasteiger charge is 2.14. The summed E-state index contributed by atoms with van der Waals surface area (Å²) >= 11 is 0. The number of esters is 1. The van der Waals surface area contributed by atoms with E-state index >= 15 is 0 Å². The second kappa shape index (κ2) is 5.18. The minimum atomic E-state index is -0.399. The van der Waals surface area contributed by atoms with Crippen LogP contribution in [0.2, 0.25) is 0 Å². The first-order chi connectivity index (χ1) is 9.08. The van der Waals surface area contributed by atoms with Gasteiger partial charge in [-0.1, -0.05) is 0 Å². The van der Waals surface area contributed by atoms with E-state index in [1.807, 2.05) is 26.0 Å². The van der Waals surface area contributed by atoms with Crippen molar-refractivity contribution in [1.82, 2.24) is 4.57 Å². The van der Waals surface area contributed by atoms with Crippen LogP contribution in [0.4, 0.5) is 0 Å². The fourth-order valence-corrected chi connectivity index (χ4v) is 2.17. The molecule has 4 heteroatoms. The number of methoxy groups -OCH3 is 2. The summed E-state index contributed by atoms with van der Waals surface area (Å²) in [6, 6.07) is 9.55. The van der Waals surface area contributed by atoms with Gasteiger partial charge in [0, 0.05) is 23.1 Å². The highest BCUT2D eigenvalue weighted by atomic mass is 16.5. The highest BCUT2D eigenvalue weighted by molar-refractivity contribution is 5.92. The van der Waals surface area contributed by atoms with Gasteiger partial charge in [0.25, 0.3) is 0 Å². The monoisotopic (exact) mass is 259 g/mol. The Morgan fingerprint density at radius 3 is 2.21 bits per heavy atom. The summed E-state index contributed by atoms with van der Waals surface area (Å²) in [5, 5.41) is 0. The number of benzene rings is 1. The normalized spacial score (nSPS) is 10.3. The number of carbonyl (C=O) groups is 1. The summed E-state index contributed by atoms with van der Waals surface area (Å²) in [7, 11) is 2.90. The van der Waals surface area contributed by atoms with E-state index < -0.39 is 5.97 Å². The molecular weight excluding hydrogens is 242 g/mol. The number of hydrogen-bond acceptors (Lipinski definition) is 3. The zero-order chi connectivity index (χ0) is 14.0. The lowest BCUT2D eigenvalue weighted by atomic mass is 10.1. The molecule has 2 aromatic rings. The van der Waals surface area contributed by atoms with Gasteiger partial charge >= 0.3 is 5.97 Å². The van der Waals surface area contributed by atoms with Crippen LogP contribution in [0.25, 0.3) is 5.69 Å². The Bertz CT molecular complexity index is 594. The SMILES string of the molecule is COC(=O)c1ccc(-n2c(C)ccc2C)cc1OC. The van der Waals surface area contributed by atoms with Gasteiger partial charge in [-0.3, -0.25) is 0 Å². The fourth-order valence-electron chi connectivity index (χ4n) is 2.17. The van der Waals surface area contributed by atoms with Crippen LogP contribution in [0.3, 0.4) is 0 Å². The molecule has 0 radical (unpaired) electrons. The summed E-state index contributed by atoms with van der Waals surface area (Å²) in [4.78, 5) is 11.6. The summed E-state index contributed by atoms with van der Waals surface area (Å²) in [5.74, 6) is 0.112. The third kappa shape index (κ3) is 2.34. The number of hydrogen-bond donors (Lipinski definition) is 0. The van der Waals surface area contributed by atoms with E-state index in [-0.39, 0.29) is 0 Å². The average molecular weight is 259 g/mol. The van der Waals surface area contributed by atoms with Gasteiger partial charge in [0.1, 0.15) is 11.3 Å². The third-order valence-electron chi connectivity index (χ3n) is 3.12. The molecule has 2 rings (SSSR count). The molecule has 0 bridgehead atoms. The van der Waals surface area contributed by atoms with Crippen molar-refractivity contribution in [3.8, 4) is 11.4 Å². The van der Waals surface area contributed by atoms with Crippen LogP contribution in [0.15, 0.2) is 30.3 Å². The molecule has 0 saturated heterocycles. The molecule has 1 aromatic carbocycles. The topological polar surface area (TPSA) is 40.5 Å². The molecule has 0 spiro atoms. The van der Waals surface area contributed by atoms with Crippen LogP contribution in [0.5, 0.6) is 5.75 Å². The summed E-state index contributed by atoms with van der Waals surface area (Å²) in [6.45, 7) is 4.07. The van der Waals surface area contributed by atoms with Crippen molar-refractivity contribution in [1.29, 1.82) is 0 Å². The van der Waals surface area contributed by atoms with Gasteiger partial charge in [0.2, 0.25) is 0 Å². The fraction of sp³-hybridized carbons (Fsp3) is 0.267. The van der Waals surface area contributed by atoms with E-state index in [4.69, 9.17) is 9.47 Å². The molecule has 1 heterocycles. The molecule has 4 nitrogen and oxygen atoms in total. The Morgan fingerprint density at radius 1 is 1.05 bits per heavy atom. The van der Waals surface area contributed by atoms with Crippen molar-refractivity contribution in [2.75, 3.05) is 14.2 Å². The molecule has 0 aliphatic rings. The number of nitrogens with zero attached hydrogens (tertiary/aromatic N) is 1. The number of ether oxygens (including phenoxy) is 2. The molecule has 0 fully saturated rings. The van der Waals surface area contributed by atoms with Crippen LogP contribution < -0.4 is 4.74 Å². The zero-order valence-electron chi connectivity index (χ0n) is 11.6. The number of carbonyl (C=O) groups excluding carboxylic acids is 1. The summed E-state index contributed by atoms with van der Waals surface area (Å²) < 4.78 is 12.1. The van der Waals surface area contributed by atoms with Gasteiger partial charge in [-0.15, -0.1) is 0 Å². The molecule has 0 amide bonds. The molecule has 100 valence electrons. The van der Waals surface area contributed by atoms with Crippen LogP contribution >= 0.6 is 0 Å². The lowest BCUT2D eigenvalue weighted by molar-refractivity contribution is 0.0597. The molecule has 0 atom stereocenters. The van der Waals surface area contributed by atoms with Crippen molar-refractivity contribution in [3.05, 3.63) is 47.3 Å². The zero-order valence-corrected chi connectivity index (χ0v) is 11.6. The highest BCUT2D eigenvalue weighted by Crippen LogP contribution is 2.25. The summed E-state index contributed by atoms with van der Waals surface area (Å²) in [6.07, 6.45) is 0. The Labute approximate surface area is 112 Å². The minimum Gasteiger partial charge on any atom is -0.496 e. The second-order valence-corrected chi connectivity index (χ2v) is 4.33. The first-order valence-corrected chi connectivity index (χ1v) is 6.00. The maximum absolute atomic E-state index is 11.6. The first kappa shape index (κ1) is 13.2. The van der Waals surface area contributed by atoms with E-state index in [1.165, 1.54) is 7.11 Å². The van der Waals surface area contributed by atoms with Crippen LogP contribution in [-0.4, -0.2) is 24.8 Å². The van der Waals surface area contributed by atoms with Crippen molar-refractivity contribution < 1.29 is 14.3 Å². The smallest absolute Gasteiger partial charge is 0.341 e. The Morgan fingerprint density at radius 2 is 1.68 bits per heavy atom. The standard InChI is InChI=1S/C15H17NO3/c1-10-5-6-11(2)16(10)12-7-8-13(15(17)19-4)14(9-12)18-3/h5-9H,1-4H3. The van der Waals surface area contributed by atoms with Gasteiger partial charge in [-0.2, -0.15) is 0 Å². The molecule has 0 unspecified atom stereocenters. The third-order valence-corrected chi connectivity index (χ3v) is 3.12. The second-order valence-electron chi connectivity index (χ2n) is 4.33. The van der Waals surface area contributed by atoms with E-state index in [9.17, 15) is 4.79 Å². The molecular formula is C15H17NO3. The molecule has 19 heavy (non-hydrogen) atoms. The minimum absolute atomic E-state index is 0.399. The maximum atomic E-state index is 11.6. The number of aryl methyl sites for hydroxylation is 2. The molecule has 0 saturated carbocycles. The van der Waals surface area contributed by atoms with Crippen LogP contribution in [0, 0.1) is 13.8 Å².